The summed E-state index contributed by atoms with van der Waals surface area (Å²) in [6, 6.07) is 4.23. The number of rotatable bonds is 10. The highest BCUT2D eigenvalue weighted by atomic mass is 35.5. The number of carbonyl (C=O) groups is 1. The van der Waals surface area contributed by atoms with Crippen molar-refractivity contribution in [2.75, 3.05) is 18.4 Å². The predicted octanol–water partition coefficient (Wildman–Crippen LogP) is 4.52. The number of H-pyrrole nitrogens is 2. The summed E-state index contributed by atoms with van der Waals surface area (Å²) in [5, 5.41) is 6.32. The molecule has 1 amide bonds. The third-order valence-electron chi connectivity index (χ3n) is 5.00. The summed E-state index contributed by atoms with van der Waals surface area (Å²) in [5.41, 5.74) is 4.90. The Kier molecular flexibility index (Phi) is 7.14. The minimum atomic E-state index is -0.210. The summed E-state index contributed by atoms with van der Waals surface area (Å²) >= 11 is 5.95. The molecule has 7 nitrogen and oxygen atoms in total. The Hall–Kier alpha value is -2.54. The Morgan fingerprint density at radius 3 is 2.66 bits per heavy atom. The lowest BCUT2D eigenvalue weighted by molar-refractivity contribution is 0.0949. The van der Waals surface area contributed by atoms with Crippen LogP contribution in [-0.2, 0) is 6.42 Å². The standard InChI is InChI=1S/C21H29ClN6O/c1-4-5-6-9-23-19-18(27-21(22)28-19)20(29)24-10-7-8-17-25-15-11-13(2)14(3)12-16(15)26-17/h11-12,23H,4-10H2,1-3H3,(H,24,29)(H,25,26)(H,27,28). The molecular formula is C21H29ClN6O. The largest absolute Gasteiger partial charge is 0.368 e. The molecule has 0 fully saturated rings. The maximum Gasteiger partial charge on any atom is 0.271 e. The van der Waals surface area contributed by atoms with Gasteiger partial charge in [-0.3, -0.25) is 4.79 Å². The molecule has 2 aromatic heterocycles. The van der Waals surface area contributed by atoms with E-state index in [0.717, 1.165) is 55.5 Å². The number of nitrogens with zero attached hydrogens (tertiary/aromatic N) is 2. The topological polar surface area (TPSA) is 98.5 Å². The normalized spacial score (nSPS) is 11.2. The number of carbonyl (C=O) groups excluding carboxylic acids is 1. The van der Waals surface area contributed by atoms with E-state index in [4.69, 9.17) is 11.6 Å². The second kappa shape index (κ2) is 9.78. The molecule has 4 N–H and O–H groups in total. The number of hydrogen-bond donors (Lipinski definition) is 4. The summed E-state index contributed by atoms with van der Waals surface area (Å²) < 4.78 is 0. The molecule has 0 saturated carbocycles. The van der Waals surface area contributed by atoms with E-state index in [0.29, 0.717) is 18.1 Å². The summed E-state index contributed by atoms with van der Waals surface area (Å²) in [6.45, 7) is 7.64. The van der Waals surface area contributed by atoms with Crippen LogP contribution in [-0.4, -0.2) is 38.9 Å². The zero-order valence-corrected chi connectivity index (χ0v) is 18.0. The van der Waals surface area contributed by atoms with Crippen molar-refractivity contribution in [2.45, 2.75) is 52.9 Å². The predicted molar refractivity (Wildman–Crippen MR) is 118 cm³/mol. The van der Waals surface area contributed by atoms with Crippen molar-refractivity contribution in [1.29, 1.82) is 0 Å². The number of anilines is 1. The maximum atomic E-state index is 12.5. The average molecular weight is 417 g/mol. The molecule has 0 spiro atoms. The van der Waals surface area contributed by atoms with Crippen molar-refractivity contribution < 1.29 is 4.79 Å². The number of imidazole rings is 2. The van der Waals surface area contributed by atoms with Crippen LogP contribution in [0.25, 0.3) is 11.0 Å². The Labute approximate surface area is 176 Å². The molecule has 0 atom stereocenters. The average Bonchev–Trinajstić information content (AvgIpc) is 3.25. The number of halogens is 1. The van der Waals surface area contributed by atoms with Crippen molar-refractivity contribution in [3.05, 3.63) is 40.1 Å². The van der Waals surface area contributed by atoms with Gasteiger partial charge in [0.15, 0.2) is 5.82 Å². The van der Waals surface area contributed by atoms with Crippen molar-refractivity contribution in [3.8, 4) is 0 Å². The van der Waals surface area contributed by atoms with E-state index in [9.17, 15) is 4.79 Å². The maximum absolute atomic E-state index is 12.5. The highest BCUT2D eigenvalue weighted by Gasteiger charge is 2.16. The number of amides is 1. The molecule has 0 aliphatic rings. The monoisotopic (exact) mass is 416 g/mol. The van der Waals surface area contributed by atoms with Crippen LogP contribution in [0.3, 0.4) is 0 Å². The molecule has 8 heteroatoms. The third-order valence-corrected chi connectivity index (χ3v) is 5.18. The van der Waals surface area contributed by atoms with Gasteiger partial charge in [-0.05, 0) is 61.5 Å². The molecule has 0 saturated heterocycles. The smallest absolute Gasteiger partial charge is 0.271 e. The van der Waals surface area contributed by atoms with Crippen LogP contribution >= 0.6 is 11.6 Å². The lowest BCUT2D eigenvalue weighted by Crippen LogP contribution is -2.26. The molecule has 156 valence electrons. The fourth-order valence-electron chi connectivity index (χ4n) is 3.21. The van der Waals surface area contributed by atoms with Gasteiger partial charge in [-0.25, -0.2) is 9.97 Å². The molecule has 2 heterocycles. The lowest BCUT2D eigenvalue weighted by atomic mass is 10.1. The molecule has 3 aromatic rings. The van der Waals surface area contributed by atoms with Gasteiger partial charge >= 0.3 is 0 Å². The van der Waals surface area contributed by atoms with E-state index in [2.05, 4.69) is 63.5 Å². The number of nitrogens with one attached hydrogen (secondary N) is 4. The molecule has 29 heavy (non-hydrogen) atoms. The number of benzene rings is 1. The van der Waals surface area contributed by atoms with Crippen LogP contribution in [0.1, 0.15) is 60.0 Å². The van der Waals surface area contributed by atoms with Crippen LogP contribution < -0.4 is 10.6 Å². The Morgan fingerprint density at radius 2 is 1.86 bits per heavy atom. The second-order valence-corrected chi connectivity index (χ2v) is 7.74. The SMILES string of the molecule is CCCCCNc1nc(Cl)[nH]c1C(=O)NCCCc1nc2cc(C)c(C)cc2[nH]1. The Balaban J connectivity index is 1.50. The van der Waals surface area contributed by atoms with E-state index >= 15 is 0 Å². The van der Waals surface area contributed by atoms with Crippen LogP contribution in [0, 0.1) is 13.8 Å². The number of hydrogen-bond acceptors (Lipinski definition) is 4. The lowest BCUT2D eigenvalue weighted by Gasteiger charge is -2.07. The van der Waals surface area contributed by atoms with Gasteiger partial charge in [0.1, 0.15) is 11.5 Å². The summed E-state index contributed by atoms with van der Waals surface area (Å²) in [4.78, 5) is 27.5. The van der Waals surface area contributed by atoms with Crippen molar-refractivity contribution in [2.24, 2.45) is 0 Å². The first-order valence-corrected chi connectivity index (χ1v) is 10.6. The molecule has 0 aliphatic heterocycles. The van der Waals surface area contributed by atoms with Crippen molar-refractivity contribution in [1.82, 2.24) is 25.3 Å². The van der Waals surface area contributed by atoms with E-state index in [1.54, 1.807) is 0 Å². The van der Waals surface area contributed by atoms with Crippen molar-refractivity contribution in [3.63, 3.8) is 0 Å². The summed E-state index contributed by atoms with van der Waals surface area (Å²) in [5.74, 6) is 1.23. The first-order valence-electron chi connectivity index (χ1n) is 10.2. The van der Waals surface area contributed by atoms with Crippen LogP contribution in [0.4, 0.5) is 5.82 Å². The Morgan fingerprint density at radius 1 is 1.07 bits per heavy atom. The van der Waals surface area contributed by atoms with Gasteiger partial charge in [0, 0.05) is 19.5 Å². The van der Waals surface area contributed by atoms with Gasteiger partial charge in [0.05, 0.1) is 11.0 Å². The van der Waals surface area contributed by atoms with E-state index < -0.39 is 0 Å². The second-order valence-electron chi connectivity index (χ2n) is 7.38. The number of aromatic amines is 2. The molecule has 0 bridgehead atoms. The zero-order chi connectivity index (χ0) is 20.8. The van der Waals surface area contributed by atoms with Crippen LogP contribution in [0.15, 0.2) is 12.1 Å². The van der Waals surface area contributed by atoms with Gasteiger partial charge in [0.25, 0.3) is 5.91 Å². The molecule has 0 unspecified atom stereocenters. The third kappa shape index (κ3) is 5.50. The molecule has 3 rings (SSSR count). The highest BCUT2D eigenvalue weighted by Crippen LogP contribution is 2.18. The van der Waals surface area contributed by atoms with E-state index in [-0.39, 0.29) is 11.2 Å². The number of aryl methyl sites for hydroxylation is 3. The van der Waals surface area contributed by atoms with Gasteiger partial charge < -0.3 is 20.6 Å². The van der Waals surface area contributed by atoms with E-state index in [1.165, 1.54) is 11.1 Å². The number of aromatic nitrogens is 4. The quantitative estimate of drug-likeness (QED) is 0.365. The minimum absolute atomic E-state index is 0.209. The first kappa shape index (κ1) is 21.2. The molecular weight excluding hydrogens is 388 g/mol. The highest BCUT2D eigenvalue weighted by molar-refractivity contribution is 6.28. The number of fused-ring (bicyclic) bond motifs is 1. The van der Waals surface area contributed by atoms with E-state index in [1.807, 2.05) is 0 Å². The van der Waals surface area contributed by atoms with Gasteiger partial charge in [0.2, 0.25) is 5.28 Å². The van der Waals surface area contributed by atoms with Crippen LogP contribution in [0.2, 0.25) is 5.28 Å². The molecule has 0 radical (unpaired) electrons. The van der Waals surface area contributed by atoms with Gasteiger partial charge in [-0.1, -0.05) is 19.8 Å². The minimum Gasteiger partial charge on any atom is -0.368 e. The molecule has 0 aliphatic carbocycles. The van der Waals surface area contributed by atoms with Gasteiger partial charge in [-0.2, -0.15) is 0 Å². The number of unbranched alkanes of at least 4 members (excludes halogenated alkanes) is 2. The molecule has 1 aromatic carbocycles. The summed E-state index contributed by atoms with van der Waals surface area (Å²) in [6.07, 6.45) is 4.84. The van der Waals surface area contributed by atoms with Crippen molar-refractivity contribution >= 4 is 34.4 Å². The van der Waals surface area contributed by atoms with Crippen LogP contribution in [0.5, 0.6) is 0 Å². The zero-order valence-electron chi connectivity index (χ0n) is 17.3. The fourth-order valence-corrected chi connectivity index (χ4v) is 3.38. The Bertz CT molecular complexity index is 938. The summed E-state index contributed by atoms with van der Waals surface area (Å²) in [7, 11) is 0. The fraction of sp³-hybridized carbons (Fsp3) is 0.476. The first-order chi connectivity index (χ1) is 14.0. The van der Waals surface area contributed by atoms with Gasteiger partial charge in [-0.15, -0.1) is 0 Å².